The highest BCUT2D eigenvalue weighted by atomic mass is 16.5. The number of anilines is 1. The third kappa shape index (κ3) is 4.28. The van der Waals surface area contributed by atoms with Crippen LogP contribution in [0.1, 0.15) is 5.69 Å². The van der Waals surface area contributed by atoms with Gasteiger partial charge in [-0.1, -0.05) is 24.3 Å². The zero-order chi connectivity index (χ0) is 19.4. The van der Waals surface area contributed by atoms with Crippen molar-refractivity contribution in [1.29, 1.82) is 0 Å². The predicted molar refractivity (Wildman–Crippen MR) is 106 cm³/mol. The molecule has 0 unspecified atom stereocenters. The summed E-state index contributed by atoms with van der Waals surface area (Å²) >= 11 is 0. The van der Waals surface area contributed by atoms with E-state index in [1.165, 1.54) is 4.90 Å². The van der Waals surface area contributed by atoms with Crippen LogP contribution in [0.2, 0.25) is 0 Å². The molecule has 6 heteroatoms. The first kappa shape index (κ1) is 18.5. The Balaban J connectivity index is 1.63. The summed E-state index contributed by atoms with van der Waals surface area (Å²) < 4.78 is 7.11. The SMILES string of the molecule is COc1cccc(NC(=O)CN(C)C(=O)Cn2c(C)cc3ccccc32)c1. The van der Waals surface area contributed by atoms with Gasteiger partial charge in [-0.15, -0.1) is 0 Å². The molecule has 1 heterocycles. The molecule has 0 aliphatic rings. The van der Waals surface area contributed by atoms with Crippen LogP contribution in [0.25, 0.3) is 10.9 Å². The van der Waals surface area contributed by atoms with Crippen molar-refractivity contribution in [1.82, 2.24) is 9.47 Å². The molecule has 3 rings (SSSR count). The van der Waals surface area contributed by atoms with Crippen LogP contribution in [-0.4, -0.2) is 42.0 Å². The van der Waals surface area contributed by atoms with Crippen LogP contribution in [0.3, 0.4) is 0 Å². The molecule has 0 radical (unpaired) electrons. The number of carbonyl (C=O) groups excluding carboxylic acids is 2. The fourth-order valence-electron chi connectivity index (χ4n) is 3.02. The maximum atomic E-state index is 12.6. The summed E-state index contributed by atoms with van der Waals surface area (Å²) in [5, 5.41) is 3.88. The molecular formula is C21H23N3O3. The summed E-state index contributed by atoms with van der Waals surface area (Å²) in [4.78, 5) is 26.3. The van der Waals surface area contributed by atoms with Crippen molar-refractivity contribution in [3.8, 4) is 5.75 Å². The molecule has 3 aromatic rings. The molecule has 1 N–H and O–H groups in total. The average Bonchev–Trinajstić information content (AvgIpc) is 2.97. The molecule has 0 spiro atoms. The summed E-state index contributed by atoms with van der Waals surface area (Å²) in [5.74, 6) is 0.278. The van der Waals surface area contributed by atoms with E-state index >= 15 is 0 Å². The van der Waals surface area contributed by atoms with Gasteiger partial charge in [0, 0.05) is 30.0 Å². The number of methoxy groups -OCH3 is 1. The Hall–Kier alpha value is -3.28. The maximum absolute atomic E-state index is 12.6. The number of nitrogens with one attached hydrogen (secondary N) is 1. The molecule has 0 fully saturated rings. The smallest absolute Gasteiger partial charge is 0.243 e. The monoisotopic (exact) mass is 365 g/mol. The quantitative estimate of drug-likeness (QED) is 0.730. The standard InChI is InChI=1S/C21H23N3O3/c1-15-11-16-7-4-5-10-19(16)24(15)14-21(26)23(2)13-20(25)22-17-8-6-9-18(12-17)27-3/h4-12H,13-14H2,1-3H3,(H,22,25). The van der Waals surface area contributed by atoms with E-state index in [9.17, 15) is 9.59 Å². The zero-order valence-corrected chi connectivity index (χ0v) is 15.7. The van der Waals surface area contributed by atoms with E-state index in [-0.39, 0.29) is 24.9 Å². The molecule has 2 amide bonds. The minimum Gasteiger partial charge on any atom is -0.497 e. The molecule has 1 aromatic heterocycles. The number of amides is 2. The lowest BCUT2D eigenvalue weighted by Crippen LogP contribution is -2.37. The van der Waals surface area contributed by atoms with E-state index in [2.05, 4.69) is 11.4 Å². The Morgan fingerprint density at radius 3 is 2.67 bits per heavy atom. The number of para-hydroxylation sites is 1. The Morgan fingerprint density at radius 2 is 1.89 bits per heavy atom. The number of hydrogen-bond acceptors (Lipinski definition) is 3. The minimum atomic E-state index is -0.256. The number of aromatic nitrogens is 1. The summed E-state index contributed by atoms with van der Waals surface area (Å²) in [6.45, 7) is 2.15. The number of rotatable bonds is 6. The van der Waals surface area contributed by atoms with Gasteiger partial charge in [0.05, 0.1) is 13.7 Å². The van der Waals surface area contributed by atoms with Crippen LogP contribution in [-0.2, 0) is 16.1 Å². The molecule has 27 heavy (non-hydrogen) atoms. The van der Waals surface area contributed by atoms with Crippen molar-refractivity contribution in [2.24, 2.45) is 0 Å². The number of aryl methyl sites for hydroxylation is 1. The fourth-order valence-corrected chi connectivity index (χ4v) is 3.02. The summed E-state index contributed by atoms with van der Waals surface area (Å²) in [6.07, 6.45) is 0. The Morgan fingerprint density at radius 1 is 1.11 bits per heavy atom. The molecule has 2 aromatic carbocycles. The van der Waals surface area contributed by atoms with Gasteiger partial charge < -0.3 is 19.5 Å². The molecule has 0 atom stereocenters. The van der Waals surface area contributed by atoms with E-state index < -0.39 is 0 Å². The van der Waals surface area contributed by atoms with Gasteiger partial charge in [-0.2, -0.15) is 0 Å². The molecule has 0 saturated heterocycles. The lowest BCUT2D eigenvalue weighted by atomic mass is 10.2. The number of likely N-dealkylation sites (N-methyl/N-ethyl adjacent to an activating group) is 1. The molecule has 140 valence electrons. The van der Waals surface area contributed by atoms with Crippen LogP contribution in [0, 0.1) is 6.92 Å². The molecule has 0 aliphatic carbocycles. The van der Waals surface area contributed by atoms with Crippen LogP contribution in [0.5, 0.6) is 5.75 Å². The normalized spacial score (nSPS) is 10.6. The van der Waals surface area contributed by atoms with Crippen LogP contribution < -0.4 is 10.1 Å². The Bertz CT molecular complexity index is 978. The highest BCUT2D eigenvalue weighted by molar-refractivity contribution is 5.94. The first-order valence-corrected chi connectivity index (χ1v) is 8.70. The summed E-state index contributed by atoms with van der Waals surface area (Å²) in [6, 6.07) is 17.1. The van der Waals surface area contributed by atoms with Gasteiger partial charge in [-0.3, -0.25) is 9.59 Å². The van der Waals surface area contributed by atoms with Gasteiger partial charge in [-0.05, 0) is 36.6 Å². The lowest BCUT2D eigenvalue weighted by Gasteiger charge is -2.18. The van der Waals surface area contributed by atoms with Crippen LogP contribution in [0.4, 0.5) is 5.69 Å². The molecular weight excluding hydrogens is 342 g/mol. The van der Waals surface area contributed by atoms with Crippen molar-refractivity contribution >= 4 is 28.4 Å². The second-order valence-electron chi connectivity index (χ2n) is 6.46. The number of carbonyl (C=O) groups is 2. The van der Waals surface area contributed by atoms with Gasteiger partial charge in [0.15, 0.2) is 0 Å². The summed E-state index contributed by atoms with van der Waals surface area (Å²) in [7, 11) is 3.20. The van der Waals surface area contributed by atoms with Gasteiger partial charge in [-0.25, -0.2) is 0 Å². The van der Waals surface area contributed by atoms with E-state index in [1.807, 2.05) is 35.8 Å². The predicted octanol–water partition coefficient (Wildman–Crippen LogP) is 3.06. The maximum Gasteiger partial charge on any atom is 0.243 e. The third-order valence-corrected chi connectivity index (χ3v) is 4.47. The number of benzene rings is 2. The first-order chi connectivity index (χ1) is 13.0. The number of fused-ring (bicyclic) bond motifs is 1. The number of nitrogens with zero attached hydrogens (tertiary/aromatic N) is 2. The van der Waals surface area contributed by atoms with Crippen molar-refractivity contribution in [3.05, 3.63) is 60.3 Å². The van der Waals surface area contributed by atoms with Gasteiger partial charge in [0.1, 0.15) is 12.3 Å². The van der Waals surface area contributed by atoms with E-state index in [4.69, 9.17) is 4.74 Å². The first-order valence-electron chi connectivity index (χ1n) is 8.70. The second-order valence-corrected chi connectivity index (χ2v) is 6.46. The van der Waals surface area contributed by atoms with Crippen LogP contribution in [0.15, 0.2) is 54.6 Å². The molecule has 0 bridgehead atoms. The Labute approximate surface area is 158 Å². The number of ether oxygens (including phenoxy) is 1. The third-order valence-electron chi connectivity index (χ3n) is 4.47. The molecule has 6 nitrogen and oxygen atoms in total. The molecule has 0 aliphatic heterocycles. The van der Waals surface area contributed by atoms with E-state index in [0.717, 1.165) is 16.6 Å². The second kappa shape index (κ2) is 7.95. The largest absolute Gasteiger partial charge is 0.497 e. The zero-order valence-electron chi connectivity index (χ0n) is 15.7. The average molecular weight is 365 g/mol. The summed E-state index contributed by atoms with van der Waals surface area (Å²) in [5.41, 5.74) is 2.66. The fraction of sp³-hybridized carbons (Fsp3) is 0.238. The topological polar surface area (TPSA) is 63.6 Å². The number of hydrogen-bond donors (Lipinski definition) is 1. The van der Waals surface area contributed by atoms with Crippen molar-refractivity contribution in [2.45, 2.75) is 13.5 Å². The van der Waals surface area contributed by atoms with Gasteiger partial charge in [0.25, 0.3) is 0 Å². The van der Waals surface area contributed by atoms with Gasteiger partial charge >= 0.3 is 0 Å². The van der Waals surface area contributed by atoms with E-state index in [1.54, 1.807) is 38.4 Å². The lowest BCUT2D eigenvalue weighted by molar-refractivity contribution is -0.133. The van der Waals surface area contributed by atoms with Crippen molar-refractivity contribution < 1.29 is 14.3 Å². The minimum absolute atomic E-state index is 0.0196. The van der Waals surface area contributed by atoms with Crippen LogP contribution >= 0.6 is 0 Å². The molecule has 0 saturated carbocycles. The van der Waals surface area contributed by atoms with Crippen molar-refractivity contribution in [2.75, 3.05) is 26.0 Å². The van der Waals surface area contributed by atoms with E-state index in [0.29, 0.717) is 11.4 Å². The van der Waals surface area contributed by atoms with Gasteiger partial charge in [0.2, 0.25) is 11.8 Å². The van der Waals surface area contributed by atoms with Crippen molar-refractivity contribution in [3.63, 3.8) is 0 Å². The highest BCUT2D eigenvalue weighted by Gasteiger charge is 2.16. The Kier molecular flexibility index (Phi) is 5.45. The highest BCUT2D eigenvalue weighted by Crippen LogP contribution is 2.19.